The average molecular weight is 388 g/mol. The van der Waals surface area contributed by atoms with Gasteiger partial charge in [-0.05, 0) is 55.7 Å². The fourth-order valence-corrected chi connectivity index (χ4v) is 3.50. The second-order valence-electron chi connectivity index (χ2n) is 8.00. The highest BCUT2D eigenvalue weighted by molar-refractivity contribution is 5.84. The quantitative estimate of drug-likeness (QED) is 0.540. The van der Waals surface area contributed by atoms with Crippen molar-refractivity contribution >= 4 is 17.0 Å². The van der Waals surface area contributed by atoms with E-state index in [4.69, 9.17) is 9.15 Å². The summed E-state index contributed by atoms with van der Waals surface area (Å²) in [6, 6.07) is 10.5. The van der Waals surface area contributed by atoms with Gasteiger partial charge in [0.2, 0.25) is 5.43 Å². The summed E-state index contributed by atoms with van der Waals surface area (Å²) in [5.74, 6) is 1.53. The van der Waals surface area contributed by atoms with Crippen LogP contribution in [0.3, 0.4) is 0 Å². The Labute approximate surface area is 169 Å². The largest absolute Gasteiger partial charge is 0.508 e. The van der Waals surface area contributed by atoms with E-state index < -0.39 is 6.10 Å². The number of hydrogen-bond donors (Lipinski definition) is 1. The van der Waals surface area contributed by atoms with Crippen molar-refractivity contribution in [3.63, 3.8) is 0 Å². The van der Waals surface area contributed by atoms with E-state index in [2.05, 4.69) is 19.9 Å². The summed E-state index contributed by atoms with van der Waals surface area (Å²) >= 11 is 0. The molecule has 1 N–H and O–H groups in total. The molecule has 4 heteroatoms. The van der Waals surface area contributed by atoms with Crippen molar-refractivity contribution in [2.75, 3.05) is 0 Å². The summed E-state index contributed by atoms with van der Waals surface area (Å²) in [4.78, 5) is 13.5. The number of phenols is 1. The Morgan fingerprint density at radius 2 is 1.93 bits per heavy atom. The van der Waals surface area contributed by atoms with Crippen LogP contribution >= 0.6 is 0 Å². The molecular formula is C25H24O4. The number of benzene rings is 2. The van der Waals surface area contributed by atoms with Crippen LogP contribution in [0.1, 0.15) is 44.9 Å². The van der Waals surface area contributed by atoms with Gasteiger partial charge in [0.05, 0.1) is 16.5 Å². The van der Waals surface area contributed by atoms with Crippen LogP contribution in [0.2, 0.25) is 0 Å². The molecule has 0 fully saturated rings. The Hall–Kier alpha value is -3.27. The van der Waals surface area contributed by atoms with Crippen molar-refractivity contribution in [2.24, 2.45) is 5.92 Å². The number of ether oxygens (including phenoxy) is 1. The fourth-order valence-electron chi connectivity index (χ4n) is 3.50. The Bertz CT molecular complexity index is 1210. The van der Waals surface area contributed by atoms with Crippen LogP contribution < -0.4 is 10.2 Å². The molecule has 1 aromatic heterocycles. The van der Waals surface area contributed by atoms with Crippen LogP contribution in [0, 0.1) is 5.92 Å². The molecule has 0 amide bonds. The Morgan fingerprint density at radius 3 is 2.66 bits per heavy atom. The number of hydrogen-bond acceptors (Lipinski definition) is 4. The maximum Gasteiger partial charge on any atom is 0.200 e. The lowest BCUT2D eigenvalue weighted by molar-refractivity contribution is 0.244. The molecule has 29 heavy (non-hydrogen) atoms. The molecule has 4 nitrogen and oxygen atoms in total. The molecule has 1 aliphatic heterocycles. The van der Waals surface area contributed by atoms with Crippen LogP contribution in [0.15, 0.2) is 63.3 Å². The van der Waals surface area contributed by atoms with Gasteiger partial charge < -0.3 is 14.3 Å². The molecule has 148 valence electrons. The Balaban J connectivity index is 1.99. The van der Waals surface area contributed by atoms with E-state index >= 15 is 0 Å². The van der Waals surface area contributed by atoms with Crippen LogP contribution in [0.5, 0.6) is 11.5 Å². The van der Waals surface area contributed by atoms with Crippen molar-refractivity contribution < 1.29 is 14.3 Å². The topological polar surface area (TPSA) is 59.7 Å². The zero-order chi connectivity index (χ0) is 20.7. The van der Waals surface area contributed by atoms with Gasteiger partial charge in [-0.3, -0.25) is 4.79 Å². The number of allylic oxidation sites excluding steroid dienone is 2. The van der Waals surface area contributed by atoms with Gasteiger partial charge in [-0.2, -0.15) is 0 Å². The summed E-state index contributed by atoms with van der Waals surface area (Å²) < 4.78 is 12.3. The second kappa shape index (κ2) is 7.28. The van der Waals surface area contributed by atoms with Gasteiger partial charge in [-0.25, -0.2) is 0 Å². The lowest BCUT2D eigenvalue weighted by Crippen LogP contribution is -2.22. The molecular weight excluding hydrogens is 364 g/mol. The fraction of sp³-hybridized carbons (Fsp3) is 0.240. The number of phenolic OH excluding ortho intramolecular Hbond substituents is 1. The normalized spacial score (nSPS) is 15.3. The summed E-state index contributed by atoms with van der Waals surface area (Å²) in [5.41, 5.74) is 3.58. The lowest BCUT2D eigenvalue weighted by atomic mass is 9.95. The van der Waals surface area contributed by atoms with E-state index in [0.29, 0.717) is 39.5 Å². The predicted molar refractivity (Wildman–Crippen MR) is 116 cm³/mol. The maximum absolute atomic E-state index is 13.5. The van der Waals surface area contributed by atoms with Crippen LogP contribution in [0.25, 0.3) is 28.4 Å². The van der Waals surface area contributed by atoms with Crippen molar-refractivity contribution in [2.45, 2.75) is 33.8 Å². The Kier molecular flexibility index (Phi) is 4.79. The van der Waals surface area contributed by atoms with Crippen LogP contribution in [-0.4, -0.2) is 5.11 Å². The standard InChI is InChI=1S/C25H24O4/c1-14(2)5-6-16-7-10-20-19(12-16)24(27)23-22(11-15(3)4)28-21-13-17(26)8-9-18(21)25(23)29-20/h5-14,22,26H,1-4H3/b6-5+. The molecule has 3 aromatic rings. The average Bonchev–Trinajstić information content (AvgIpc) is 2.65. The first-order valence-electron chi connectivity index (χ1n) is 9.77. The molecule has 0 bridgehead atoms. The minimum absolute atomic E-state index is 0.0951. The number of fused-ring (bicyclic) bond motifs is 4. The van der Waals surface area contributed by atoms with Gasteiger partial charge in [0.15, 0.2) is 0 Å². The van der Waals surface area contributed by atoms with Gasteiger partial charge in [0, 0.05) is 6.07 Å². The zero-order valence-electron chi connectivity index (χ0n) is 17.0. The number of rotatable bonds is 3. The van der Waals surface area contributed by atoms with Gasteiger partial charge in [-0.15, -0.1) is 0 Å². The molecule has 0 radical (unpaired) electrons. The monoisotopic (exact) mass is 388 g/mol. The summed E-state index contributed by atoms with van der Waals surface area (Å²) in [7, 11) is 0. The third kappa shape index (κ3) is 3.58. The van der Waals surface area contributed by atoms with Gasteiger partial charge in [0.1, 0.15) is 28.9 Å². The highest BCUT2D eigenvalue weighted by Gasteiger charge is 2.31. The first-order chi connectivity index (χ1) is 13.8. The van der Waals surface area contributed by atoms with Crippen LogP contribution in [-0.2, 0) is 0 Å². The van der Waals surface area contributed by atoms with E-state index in [1.165, 1.54) is 0 Å². The highest BCUT2D eigenvalue weighted by atomic mass is 16.5. The molecule has 1 unspecified atom stereocenters. The maximum atomic E-state index is 13.5. The van der Waals surface area contributed by atoms with Crippen molar-refractivity contribution in [1.29, 1.82) is 0 Å². The lowest BCUT2D eigenvalue weighted by Gasteiger charge is -2.26. The van der Waals surface area contributed by atoms with E-state index in [0.717, 1.165) is 11.1 Å². The van der Waals surface area contributed by atoms with E-state index in [1.54, 1.807) is 18.2 Å². The minimum Gasteiger partial charge on any atom is -0.508 e. The highest BCUT2D eigenvalue weighted by Crippen LogP contribution is 2.44. The molecule has 0 saturated carbocycles. The second-order valence-corrected chi connectivity index (χ2v) is 8.00. The first kappa shape index (κ1) is 19.1. The number of aromatic hydroxyl groups is 1. The SMILES string of the molecule is CC(C)=CC1Oc2cc(O)ccc2-c2oc3ccc(/C=C/C(C)C)cc3c(=O)c21. The predicted octanol–water partition coefficient (Wildman–Crippen LogP) is 6.23. The van der Waals surface area contributed by atoms with Gasteiger partial charge >= 0.3 is 0 Å². The summed E-state index contributed by atoms with van der Waals surface area (Å²) in [6.45, 7) is 8.13. The summed E-state index contributed by atoms with van der Waals surface area (Å²) in [5, 5.41) is 10.4. The van der Waals surface area contributed by atoms with Crippen molar-refractivity contribution in [3.8, 4) is 22.8 Å². The first-order valence-corrected chi connectivity index (χ1v) is 9.77. The molecule has 2 heterocycles. The third-order valence-corrected chi connectivity index (χ3v) is 4.86. The van der Waals surface area contributed by atoms with Crippen LogP contribution in [0.4, 0.5) is 0 Å². The molecule has 1 atom stereocenters. The zero-order valence-corrected chi connectivity index (χ0v) is 17.0. The molecule has 0 spiro atoms. The molecule has 4 rings (SSSR count). The Morgan fingerprint density at radius 1 is 1.14 bits per heavy atom. The minimum atomic E-state index is -0.570. The smallest absolute Gasteiger partial charge is 0.200 e. The van der Waals surface area contributed by atoms with E-state index in [-0.39, 0.29) is 11.2 Å². The van der Waals surface area contributed by atoms with Gasteiger partial charge in [0.25, 0.3) is 0 Å². The van der Waals surface area contributed by atoms with Gasteiger partial charge in [-0.1, -0.05) is 37.6 Å². The molecule has 0 saturated heterocycles. The third-order valence-electron chi connectivity index (χ3n) is 4.86. The molecule has 0 aliphatic carbocycles. The molecule has 2 aromatic carbocycles. The summed E-state index contributed by atoms with van der Waals surface area (Å²) in [6.07, 6.45) is 5.45. The van der Waals surface area contributed by atoms with E-state index in [1.807, 2.05) is 44.2 Å². The molecule has 1 aliphatic rings. The van der Waals surface area contributed by atoms with E-state index in [9.17, 15) is 9.90 Å². The van der Waals surface area contributed by atoms with Crippen molar-refractivity contribution in [3.05, 3.63) is 75.5 Å². The van der Waals surface area contributed by atoms with Crippen molar-refractivity contribution in [1.82, 2.24) is 0 Å².